The standard InChI is InChI=1S/C10H7BrCl2O3/c1-2-16-10(15)9(14)5-3-6(12)8(11)7(13)4-5/h3-4H,2H2,1H3. The SMILES string of the molecule is CCOC(=O)C(=O)c1cc(Cl)c(Br)c(Cl)c1. The van der Waals surface area contributed by atoms with Crippen molar-refractivity contribution in [1.82, 2.24) is 0 Å². The molecule has 0 spiro atoms. The molecule has 86 valence electrons. The molecule has 1 aromatic carbocycles. The highest BCUT2D eigenvalue weighted by Gasteiger charge is 2.19. The first-order chi connectivity index (χ1) is 7.47. The summed E-state index contributed by atoms with van der Waals surface area (Å²) in [5.74, 6) is -1.69. The average Bonchev–Trinajstić information content (AvgIpc) is 2.24. The normalized spacial score (nSPS) is 10.0. The van der Waals surface area contributed by atoms with Crippen molar-refractivity contribution < 1.29 is 14.3 Å². The summed E-state index contributed by atoms with van der Waals surface area (Å²) < 4.78 is 5.06. The summed E-state index contributed by atoms with van der Waals surface area (Å²) in [6.45, 7) is 1.76. The van der Waals surface area contributed by atoms with E-state index in [-0.39, 0.29) is 22.2 Å². The molecular weight excluding hydrogens is 319 g/mol. The quantitative estimate of drug-likeness (QED) is 0.370. The third-order valence-corrected chi connectivity index (χ3v) is 3.61. The molecule has 0 N–H and O–H groups in total. The molecule has 16 heavy (non-hydrogen) atoms. The molecule has 0 aliphatic carbocycles. The van der Waals surface area contributed by atoms with Gasteiger partial charge in [-0.15, -0.1) is 0 Å². The molecule has 0 amide bonds. The molecule has 0 radical (unpaired) electrons. The largest absolute Gasteiger partial charge is 0.460 e. The number of esters is 1. The summed E-state index contributed by atoms with van der Waals surface area (Å²) in [7, 11) is 0. The molecular formula is C10H7BrCl2O3. The first-order valence-corrected chi connectivity index (χ1v) is 5.88. The minimum Gasteiger partial charge on any atom is -0.460 e. The van der Waals surface area contributed by atoms with E-state index in [0.717, 1.165) is 0 Å². The first-order valence-electron chi connectivity index (χ1n) is 4.33. The predicted octanol–water partition coefficient (Wildman–Crippen LogP) is 3.50. The van der Waals surface area contributed by atoms with E-state index in [0.29, 0.717) is 4.47 Å². The maximum Gasteiger partial charge on any atom is 0.379 e. The van der Waals surface area contributed by atoms with Crippen LogP contribution in [0.25, 0.3) is 0 Å². The van der Waals surface area contributed by atoms with Gasteiger partial charge in [0.1, 0.15) is 0 Å². The van der Waals surface area contributed by atoms with Gasteiger partial charge in [0.25, 0.3) is 5.78 Å². The van der Waals surface area contributed by atoms with Crippen molar-refractivity contribution in [3.63, 3.8) is 0 Å². The van der Waals surface area contributed by atoms with E-state index in [2.05, 4.69) is 20.7 Å². The Morgan fingerprint density at radius 3 is 2.25 bits per heavy atom. The molecule has 3 nitrogen and oxygen atoms in total. The topological polar surface area (TPSA) is 43.4 Å². The second-order valence-electron chi connectivity index (χ2n) is 2.80. The Labute approximate surface area is 111 Å². The highest BCUT2D eigenvalue weighted by Crippen LogP contribution is 2.31. The average molecular weight is 326 g/mol. The van der Waals surface area contributed by atoms with Gasteiger partial charge in [-0.1, -0.05) is 23.2 Å². The van der Waals surface area contributed by atoms with Gasteiger partial charge in [0, 0.05) is 5.56 Å². The summed E-state index contributed by atoms with van der Waals surface area (Å²) in [6.07, 6.45) is 0. The Bertz CT molecular complexity index is 423. The molecule has 0 atom stereocenters. The minimum absolute atomic E-state index is 0.108. The highest BCUT2D eigenvalue weighted by molar-refractivity contribution is 9.10. The summed E-state index contributed by atoms with van der Waals surface area (Å²) in [5.41, 5.74) is 0.108. The monoisotopic (exact) mass is 324 g/mol. The van der Waals surface area contributed by atoms with Crippen LogP contribution in [0.1, 0.15) is 17.3 Å². The zero-order valence-electron chi connectivity index (χ0n) is 8.22. The zero-order valence-corrected chi connectivity index (χ0v) is 11.3. The van der Waals surface area contributed by atoms with Crippen molar-refractivity contribution in [2.45, 2.75) is 6.92 Å². The van der Waals surface area contributed by atoms with Crippen LogP contribution in [0.15, 0.2) is 16.6 Å². The van der Waals surface area contributed by atoms with Crippen LogP contribution >= 0.6 is 39.1 Å². The van der Waals surface area contributed by atoms with Crippen molar-refractivity contribution in [3.8, 4) is 0 Å². The van der Waals surface area contributed by atoms with E-state index in [1.54, 1.807) is 6.92 Å². The maximum atomic E-state index is 11.5. The van der Waals surface area contributed by atoms with Gasteiger partial charge in [-0.25, -0.2) is 4.79 Å². The predicted molar refractivity (Wildman–Crippen MR) is 65.1 cm³/mol. The third-order valence-electron chi connectivity index (χ3n) is 1.71. The minimum atomic E-state index is -0.919. The summed E-state index contributed by atoms with van der Waals surface area (Å²) in [4.78, 5) is 22.7. The van der Waals surface area contributed by atoms with Crippen LogP contribution < -0.4 is 0 Å². The molecule has 1 aromatic rings. The van der Waals surface area contributed by atoms with Gasteiger partial charge in [0.2, 0.25) is 0 Å². The molecule has 0 aliphatic heterocycles. The van der Waals surface area contributed by atoms with Gasteiger partial charge in [-0.3, -0.25) is 4.79 Å². The number of carbonyl (C=O) groups is 2. The highest BCUT2D eigenvalue weighted by atomic mass is 79.9. The molecule has 0 bridgehead atoms. The summed E-state index contributed by atoms with van der Waals surface area (Å²) in [5, 5.41) is 0.528. The van der Waals surface area contributed by atoms with E-state index in [9.17, 15) is 9.59 Å². The first kappa shape index (κ1) is 13.5. The second kappa shape index (κ2) is 5.66. The van der Waals surface area contributed by atoms with Crippen molar-refractivity contribution in [1.29, 1.82) is 0 Å². The molecule has 0 aliphatic rings. The van der Waals surface area contributed by atoms with E-state index in [1.165, 1.54) is 12.1 Å². The lowest BCUT2D eigenvalue weighted by atomic mass is 10.1. The van der Waals surface area contributed by atoms with Gasteiger partial charge in [0.05, 0.1) is 21.1 Å². The van der Waals surface area contributed by atoms with Crippen molar-refractivity contribution in [2.24, 2.45) is 0 Å². The molecule has 1 rings (SSSR count). The molecule has 0 heterocycles. The van der Waals surface area contributed by atoms with Crippen molar-refractivity contribution in [2.75, 3.05) is 6.61 Å². The fraction of sp³-hybridized carbons (Fsp3) is 0.200. The number of Topliss-reactive ketones (excluding diaryl/α,β-unsaturated/α-hetero) is 1. The smallest absolute Gasteiger partial charge is 0.379 e. The van der Waals surface area contributed by atoms with Crippen LogP contribution in [0.4, 0.5) is 0 Å². The van der Waals surface area contributed by atoms with Gasteiger partial charge < -0.3 is 4.74 Å². The number of hydrogen-bond acceptors (Lipinski definition) is 3. The van der Waals surface area contributed by atoms with E-state index in [4.69, 9.17) is 23.2 Å². The number of ketones is 1. The lowest BCUT2D eigenvalue weighted by molar-refractivity contribution is -0.137. The van der Waals surface area contributed by atoms with Crippen LogP contribution in [0.3, 0.4) is 0 Å². The summed E-state index contributed by atoms with van der Waals surface area (Å²) >= 11 is 14.8. The Balaban J connectivity index is 3.06. The van der Waals surface area contributed by atoms with Crippen LogP contribution in [0.2, 0.25) is 10.0 Å². The fourth-order valence-electron chi connectivity index (χ4n) is 1.00. The third kappa shape index (κ3) is 2.97. The molecule has 0 saturated carbocycles. The van der Waals surface area contributed by atoms with Gasteiger partial charge in [-0.05, 0) is 35.0 Å². The van der Waals surface area contributed by atoms with Gasteiger partial charge in [0.15, 0.2) is 0 Å². The number of benzene rings is 1. The van der Waals surface area contributed by atoms with Gasteiger partial charge in [-0.2, -0.15) is 0 Å². The Morgan fingerprint density at radius 2 is 1.81 bits per heavy atom. The maximum absolute atomic E-state index is 11.5. The van der Waals surface area contributed by atoms with Crippen LogP contribution in [-0.2, 0) is 9.53 Å². The molecule has 0 saturated heterocycles. The Hall–Kier alpha value is -0.580. The number of carbonyl (C=O) groups excluding carboxylic acids is 2. The second-order valence-corrected chi connectivity index (χ2v) is 4.41. The van der Waals surface area contributed by atoms with Crippen LogP contribution in [0, 0.1) is 0 Å². The molecule has 6 heteroatoms. The van der Waals surface area contributed by atoms with Gasteiger partial charge >= 0.3 is 5.97 Å². The van der Waals surface area contributed by atoms with Crippen LogP contribution in [-0.4, -0.2) is 18.4 Å². The van der Waals surface area contributed by atoms with Crippen molar-refractivity contribution >= 4 is 50.9 Å². The number of ether oxygens (including phenoxy) is 1. The Kier molecular flexibility index (Phi) is 4.77. The van der Waals surface area contributed by atoms with E-state index >= 15 is 0 Å². The van der Waals surface area contributed by atoms with E-state index < -0.39 is 11.8 Å². The summed E-state index contributed by atoms with van der Waals surface area (Å²) in [6, 6.07) is 2.72. The molecule has 0 fully saturated rings. The fourth-order valence-corrected chi connectivity index (χ4v) is 1.72. The zero-order chi connectivity index (χ0) is 12.3. The van der Waals surface area contributed by atoms with Crippen molar-refractivity contribution in [3.05, 3.63) is 32.2 Å². The Morgan fingerprint density at radius 1 is 1.31 bits per heavy atom. The lowest BCUT2D eigenvalue weighted by Gasteiger charge is -2.04. The molecule has 0 unspecified atom stereocenters. The van der Waals surface area contributed by atoms with E-state index in [1.807, 2.05) is 0 Å². The number of hydrogen-bond donors (Lipinski definition) is 0. The number of halogens is 3. The molecule has 0 aromatic heterocycles. The number of rotatable bonds is 3. The lowest BCUT2D eigenvalue weighted by Crippen LogP contribution is -2.17. The van der Waals surface area contributed by atoms with Crippen LogP contribution in [0.5, 0.6) is 0 Å².